The van der Waals surface area contributed by atoms with E-state index < -0.39 is 11.4 Å². The maximum absolute atomic E-state index is 12.0. The van der Waals surface area contributed by atoms with Crippen LogP contribution < -0.4 is 5.32 Å². The van der Waals surface area contributed by atoms with Crippen LogP contribution in [0.3, 0.4) is 0 Å². The molecular weight excluding hydrogens is 274 g/mol. The van der Waals surface area contributed by atoms with Gasteiger partial charge >= 0.3 is 12.0 Å². The van der Waals surface area contributed by atoms with E-state index in [1.165, 1.54) is 0 Å². The Labute approximate surface area is 123 Å². The van der Waals surface area contributed by atoms with Gasteiger partial charge in [-0.15, -0.1) is 0 Å². The van der Waals surface area contributed by atoms with Crippen molar-refractivity contribution in [3.8, 4) is 0 Å². The van der Waals surface area contributed by atoms with Crippen LogP contribution in [0.15, 0.2) is 6.33 Å². The lowest BCUT2D eigenvalue weighted by Crippen LogP contribution is -2.49. The van der Waals surface area contributed by atoms with Gasteiger partial charge in [0.1, 0.15) is 6.33 Å². The Morgan fingerprint density at radius 2 is 2.10 bits per heavy atom. The smallest absolute Gasteiger partial charge is 0.317 e. The number of hydrogen-bond acceptors (Lipinski definition) is 4. The molecule has 8 nitrogen and oxygen atoms in total. The van der Waals surface area contributed by atoms with Crippen molar-refractivity contribution in [2.45, 2.75) is 26.2 Å². The fraction of sp³-hybridized carbons (Fsp3) is 0.692. The summed E-state index contributed by atoms with van der Waals surface area (Å²) in [5.41, 5.74) is -0.714. The molecular formula is C13H21N5O3. The van der Waals surface area contributed by atoms with Gasteiger partial charge in [-0.05, 0) is 19.8 Å². The average molecular weight is 295 g/mol. The topological polar surface area (TPSA) is 100 Å². The van der Waals surface area contributed by atoms with E-state index in [0.717, 1.165) is 0 Å². The molecule has 0 spiro atoms. The predicted molar refractivity (Wildman–Crippen MR) is 74.7 cm³/mol. The van der Waals surface area contributed by atoms with Gasteiger partial charge in [0.2, 0.25) is 0 Å². The molecule has 116 valence electrons. The molecule has 2 heterocycles. The number of carboxylic acid groups (broad SMARTS) is 1. The first-order valence-electron chi connectivity index (χ1n) is 7.01. The van der Waals surface area contributed by atoms with Crippen LogP contribution in [0.5, 0.6) is 0 Å². The number of urea groups is 1. The highest BCUT2D eigenvalue weighted by Gasteiger charge is 2.37. The number of carbonyl (C=O) groups is 2. The second-order valence-corrected chi connectivity index (χ2v) is 5.67. The summed E-state index contributed by atoms with van der Waals surface area (Å²) in [7, 11) is 1.79. The summed E-state index contributed by atoms with van der Waals surface area (Å²) in [6, 6.07) is -0.154. The highest BCUT2D eigenvalue weighted by Crippen LogP contribution is 2.30. The van der Waals surface area contributed by atoms with Gasteiger partial charge in [0, 0.05) is 33.1 Å². The molecule has 2 N–H and O–H groups in total. The second kappa shape index (κ2) is 6.11. The van der Waals surface area contributed by atoms with Crippen LogP contribution in [0.4, 0.5) is 4.79 Å². The van der Waals surface area contributed by atoms with E-state index in [0.29, 0.717) is 44.7 Å². The molecule has 0 aromatic carbocycles. The van der Waals surface area contributed by atoms with Crippen molar-refractivity contribution in [3.05, 3.63) is 12.2 Å². The lowest BCUT2D eigenvalue weighted by Gasteiger charge is -2.36. The molecule has 1 fully saturated rings. The first kappa shape index (κ1) is 15.3. The largest absolute Gasteiger partial charge is 0.481 e. The number of nitrogens with zero attached hydrogens (tertiary/aromatic N) is 4. The van der Waals surface area contributed by atoms with Crippen LogP contribution in [0.1, 0.15) is 25.6 Å². The van der Waals surface area contributed by atoms with Gasteiger partial charge in [0.15, 0.2) is 5.82 Å². The van der Waals surface area contributed by atoms with Crippen LogP contribution in [0.2, 0.25) is 0 Å². The second-order valence-electron chi connectivity index (χ2n) is 5.67. The van der Waals surface area contributed by atoms with Crippen molar-refractivity contribution in [3.63, 3.8) is 0 Å². The Hall–Kier alpha value is -2.12. The molecule has 2 amide bonds. The van der Waals surface area contributed by atoms with Crippen LogP contribution in [-0.2, 0) is 18.3 Å². The Bertz CT molecular complexity index is 520. The van der Waals surface area contributed by atoms with Crippen molar-refractivity contribution in [2.75, 3.05) is 19.6 Å². The van der Waals surface area contributed by atoms with E-state index in [-0.39, 0.29) is 6.03 Å². The minimum Gasteiger partial charge on any atom is -0.481 e. The molecule has 0 aliphatic carbocycles. The first-order valence-corrected chi connectivity index (χ1v) is 7.01. The summed E-state index contributed by atoms with van der Waals surface area (Å²) in [6.45, 7) is 3.14. The maximum atomic E-state index is 12.0. The maximum Gasteiger partial charge on any atom is 0.317 e. The molecule has 1 aromatic rings. The zero-order valence-corrected chi connectivity index (χ0v) is 12.4. The summed E-state index contributed by atoms with van der Waals surface area (Å²) < 4.78 is 1.62. The minimum absolute atomic E-state index is 0.154. The van der Waals surface area contributed by atoms with Crippen molar-refractivity contribution in [1.29, 1.82) is 0 Å². The highest BCUT2D eigenvalue weighted by atomic mass is 16.4. The van der Waals surface area contributed by atoms with E-state index in [9.17, 15) is 9.59 Å². The number of rotatable bonds is 4. The summed E-state index contributed by atoms with van der Waals surface area (Å²) in [5.74, 6) is -0.0984. The van der Waals surface area contributed by atoms with Crippen LogP contribution in [0, 0.1) is 5.41 Å². The molecule has 1 saturated heterocycles. The molecule has 1 aromatic heterocycles. The van der Waals surface area contributed by atoms with E-state index in [2.05, 4.69) is 15.4 Å². The van der Waals surface area contributed by atoms with Gasteiger partial charge in [-0.1, -0.05) is 0 Å². The monoisotopic (exact) mass is 295 g/mol. The molecule has 0 bridgehead atoms. The minimum atomic E-state index is -0.788. The fourth-order valence-electron chi connectivity index (χ4n) is 2.31. The lowest BCUT2D eigenvalue weighted by molar-refractivity contribution is -0.150. The SMILES string of the molecule is Cn1cnc(CCNC(=O)N2CCC(C)(C(=O)O)CC2)n1. The number of piperidine rings is 1. The fourth-order valence-corrected chi connectivity index (χ4v) is 2.31. The number of amides is 2. The van der Waals surface area contributed by atoms with Gasteiger partial charge in [-0.3, -0.25) is 9.48 Å². The molecule has 21 heavy (non-hydrogen) atoms. The Morgan fingerprint density at radius 3 is 2.62 bits per heavy atom. The summed E-state index contributed by atoms with van der Waals surface area (Å²) in [6.07, 6.45) is 3.16. The summed E-state index contributed by atoms with van der Waals surface area (Å²) >= 11 is 0. The predicted octanol–water partition coefficient (Wildman–Crippen LogP) is 0.254. The van der Waals surface area contributed by atoms with E-state index in [1.807, 2.05) is 0 Å². The van der Waals surface area contributed by atoms with E-state index in [4.69, 9.17) is 5.11 Å². The average Bonchev–Trinajstić information content (AvgIpc) is 2.85. The van der Waals surface area contributed by atoms with Gasteiger partial charge in [-0.2, -0.15) is 5.10 Å². The number of aliphatic carboxylic acids is 1. The third-order valence-corrected chi connectivity index (χ3v) is 3.94. The Morgan fingerprint density at radius 1 is 1.43 bits per heavy atom. The zero-order valence-electron chi connectivity index (χ0n) is 12.4. The van der Waals surface area contributed by atoms with Crippen molar-refractivity contribution in [2.24, 2.45) is 12.5 Å². The normalized spacial score (nSPS) is 17.5. The van der Waals surface area contributed by atoms with Gasteiger partial charge in [0.05, 0.1) is 5.41 Å². The van der Waals surface area contributed by atoms with E-state index >= 15 is 0 Å². The number of carboxylic acids is 1. The van der Waals surface area contributed by atoms with Gasteiger partial charge in [0.25, 0.3) is 0 Å². The molecule has 0 radical (unpaired) electrons. The van der Waals surface area contributed by atoms with Crippen molar-refractivity contribution in [1.82, 2.24) is 25.0 Å². The molecule has 1 aliphatic rings. The number of nitrogens with one attached hydrogen (secondary N) is 1. The Kier molecular flexibility index (Phi) is 4.44. The molecule has 2 rings (SSSR count). The third kappa shape index (κ3) is 3.71. The van der Waals surface area contributed by atoms with Crippen LogP contribution in [-0.4, -0.2) is 56.4 Å². The third-order valence-electron chi connectivity index (χ3n) is 3.94. The number of hydrogen-bond donors (Lipinski definition) is 2. The molecule has 1 aliphatic heterocycles. The Balaban J connectivity index is 1.74. The standard InChI is InChI=1S/C13H21N5O3/c1-13(11(19)20)4-7-18(8-5-13)12(21)14-6-3-10-15-9-17(2)16-10/h9H,3-8H2,1-2H3,(H,14,21)(H,19,20). The number of aromatic nitrogens is 3. The summed E-state index contributed by atoms with van der Waals surface area (Å²) in [5, 5.41) is 16.1. The number of carbonyl (C=O) groups excluding carboxylic acids is 1. The van der Waals surface area contributed by atoms with Gasteiger partial charge < -0.3 is 15.3 Å². The highest BCUT2D eigenvalue weighted by molar-refractivity contribution is 5.76. The van der Waals surface area contributed by atoms with Crippen molar-refractivity contribution >= 4 is 12.0 Å². The zero-order chi connectivity index (χ0) is 15.5. The van der Waals surface area contributed by atoms with Gasteiger partial charge in [-0.25, -0.2) is 9.78 Å². The lowest BCUT2D eigenvalue weighted by atomic mass is 9.80. The molecule has 8 heteroatoms. The van der Waals surface area contributed by atoms with Crippen LogP contribution in [0.25, 0.3) is 0 Å². The first-order chi connectivity index (χ1) is 9.90. The number of aryl methyl sites for hydroxylation is 1. The summed E-state index contributed by atoms with van der Waals surface area (Å²) in [4.78, 5) is 28.9. The van der Waals surface area contributed by atoms with Crippen molar-refractivity contribution < 1.29 is 14.7 Å². The molecule has 0 saturated carbocycles. The molecule has 0 atom stereocenters. The molecule has 0 unspecified atom stereocenters. The quantitative estimate of drug-likeness (QED) is 0.829. The number of likely N-dealkylation sites (tertiary alicyclic amines) is 1. The van der Waals surface area contributed by atoms with E-state index in [1.54, 1.807) is 29.9 Å². The van der Waals surface area contributed by atoms with Crippen LogP contribution >= 0.6 is 0 Å².